The van der Waals surface area contributed by atoms with Crippen molar-refractivity contribution < 1.29 is 19.2 Å². The quantitative estimate of drug-likeness (QED) is 0.147. The summed E-state index contributed by atoms with van der Waals surface area (Å²) in [4.78, 5) is 68.4. The Morgan fingerprint density at radius 3 is 2.14 bits per heavy atom. The third-order valence-corrected chi connectivity index (χ3v) is 8.57. The van der Waals surface area contributed by atoms with Crippen LogP contribution in [0.5, 0.6) is 0 Å². The van der Waals surface area contributed by atoms with Crippen molar-refractivity contribution in [2.75, 3.05) is 10.6 Å². The Labute approximate surface area is 282 Å². The topological polar surface area (TPSA) is 224 Å². The van der Waals surface area contributed by atoms with Crippen LogP contribution in [0.25, 0.3) is 22.2 Å². The zero-order chi connectivity index (χ0) is 35.0. The molecular formula is C32H32N12O4S. The third-order valence-electron chi connectivity index (χ3n) is 7.66. The molecule has 250 valence electrons. The van der Waals surface area contributed by atoms with Crippen LogP contribution in [0.1, 0.15) is 64.1 Å². The number of allylic oxidation sites excluding steroid dienone is 2. The number of rotatable bonds is 11. The molecular weight excluding hydrogens is 648 g/mol. The van der Waals surface area contributed by atoms with Crippen molar-refractivity contribution in [1.82, 2.24) is 38.9 Å². The number of benzene rings is 1. The molecule has 0 saturated carbocycles. The van der Waals surface area contributed by atoms with Crippen LogP contribution in [0.2, 0.25) is 0 Å². The lowest BCUT2D eigenvalue weighted by Crippen LogP contribution is -2.20. The Hall–Kier alpha value is -6.23. The largest absolute Gasteiger partial charge is 0.366 e. The molecule has 0 saturated heterocycles. The van der Waals surface area contributed by atoms with Gasteiger partial charge in [-0.15, -0.1) is 11.3 Å². The summed E-state index contributed by atoms with van der Waals surface area (Å²) < 4.78 is 5.12. The fourth-order valence-electron chi connectivity index (χ4n) is 5.43. The van der Waals surface area contributed by atoms with Crippen molar-refractivity contribution in [2.24, 2.45) is 11.5 Å². The number of amides is 4. The molecule has 0 bridgehead atoms. The molecule has 49 heavy (non-hydrogen) atoms. The summed E-state index contributed by atoms with van der Waals surface area (Å²) in [5.74, 6) is -1.56. The molecule has 1 aromatic carbocycles. The van der Waals surface area contributed by atoms with Gasteiger partial charge >= 0.3 is 0 Å². The fraction of sp³-hybridized carbons (Fsp3) is 0.219. The predicted octanol–water partition coefficient (Wildman–Crippen LogP) is 3.34. The lowest BCUT2D eigenvalue weighted by Gasteiger charge is -2.11. The summed E-state index contributed by atoms with van der Waals surface area (Å²) in [6.07, 6.45) is 6.55. The molecule has 0 aliphatic heterocycles. The highest BCUT2D eigenvalue weighted by molar-refractivity contribution is 7.13. The molecule has 16 nitrogen and oxygen atoms in total. The molecule has 5 aromatic heterocycles. The SMILES string of the molecule is CCn1nc(C)cc1C(=O)Nc1nc2cc(C(N)=O)cc(C)c2n1C/C=C/Cn1c(NC(=O)c2cnc(C)s2)nc2cc(C(N)=O)cnc21. The summed E-state index contributed by atoms with van der Waals surface area (Å²) in [5.41, 5.74) is 15.3. The monoisotopic (exact) mass is 680 g/mol. The molecule has 0 unspecified atom stereocenters. The number of nitrogens with two attached hydrogens (primary N) is 2. The second kappa shape index (κ2) is 13.1. The molecule has 0 spiro atoms. The van der Waals surface area contributed by atoms with Gasteiger partial charge in [0.15, 0.2) is 5.65 Å². The number of carbonyl (C=O) groups excluding carboxylic acids is 4. The number of primary amides is 2. The first-order valence-corrected chi connectivity index (χ1v) is 16.0. The number of aromatic nitrogens is 8. The van der Waals surface area contributed by atoms with E-state index in [1.807, 2.05) is 37.5 Å². The van der Waals surface area contributed by atoms with Crippen molar-refractivity contribution in [1.29, 1.82) is 0 Å². The molecule has 0 aliphatic rings. The Morgan fingerprint density at radius 1 is 0.816 bits per heavy atom. The van der Waals surface area contributed by atoms with E-state index in [4.69, 9.17) is 11.5 Å². The minimum absolute atomic E-state index is 0.178. The van der Waals surface area contributed by atoms with Crippen LogP contribution in [-0.4, -0.2) is 62.5 Å². The first-order valence-electron chi connectivity index (χ1n) is 15.1. The van der Waals surface area contributed by atoms with Crippen molar-refractivity contribution in [3.63, 3.8) is 0 Å². The highest BCUT2D eigenvalue weighted by Gasteiger charge is 2.21. The van der Waals surface area contributed by atoms with E-state index in [-0.39, 0.29) is 30.5 Å². The summed E-state index contributed by atoms with van der Waals surface area (Å²) >= 11 is 1.25. The van der Waals surface area contributed by atoms with Crippen LogP contribution in [0, 0.1) is 20.8 Å². The Bertz CT molecular complexity index is 2330. The van der Waals surface area contributed by atoms with Crippen molar-refractivity contribution >= 4 is 69.1 Å². The van der Waals surface area contributed by atoms with Gasteiger partial charge in [-0.25, -0.2) is 19.9 Å². The minimum atomic E-state index is -0.655. The lowest BCUT2D eigenvalue weighted by atomic mass is 10.1. The van der Waals surface area contributed by atoms with E-state index in [0.29, 0.717) is 50.6 Å². The molecule has 0 radical (unpaired) electrons. The average molecular weight is 681 g/mol. The smallest absolute Gasteiger partial charge is 0.276 e. The van der Waals surface area contributed by atoms with Crippen molar-refractivity contribution in [3.8, 4) is 0 Å². The van der Waals surface area contributed by atoms with E-state index in [9.17, 15) is 19.2 Å². The Morgan fingerprint density at radius 2 is 1.47 bits per heavy atom. The maximum Gasteiger partial charge on any atom is 0.276 e. The van der Waals surface area contributed by atoms with Crippen molar-refractivity contribution in [2.45, 2.75) is 47.3 Å². The summed E-state index contributed by atoms with van der Waals surface area (Å²) in [5, 5.41) is 10.8. The molecule has 0 fully saturated rings. The highest BCUT2D eigenvalue weighted by Crippen LogP contribution is 2.26. The number of carbonyl (C=O) groups is 4. The third kappa shape index (κ3) is 6.51. The molecule has 17 heteroatoms. The molecule has 0 atom stereocenters. The molecule has 6 aromatic rings. The van der Waals surface area contributed by atoms with Gasteiger partial charge in [-0.3, -0.25) is 39.1 Å². The van der Waals surface area contributed by atoms with Gasteiger partial charge in [0.05, 0.1) is 33.5 Å². The van der Waals surface area contributed by atoms with Crippen LogP contribution >= 0.6 is 11.3 Å². The summed E-state index contributed by atoms with van der Waals surface area (Å²) in [6, 6.07) is 6.48. The molecule has 5 heterocycles. The molecule has 6 N–H and O–H groups in total. The molecule has 0 aliphatic carbocycles. The zero-order valence-electron chi connectivity index (χ0n) is 27.0. The van der Waals surface area contributed by atoms with Gasteiger partial charge in [0.2, 0.25) is 23.7 Å². The van der Waals surface area contributed by atoms with Gasteiger partial charge in [-0.2, -0.15) is 5.10 Å². The maximum absolute atomic E-state index is 13.4. The van der Waals surface area contributed by atoms with E-state index in [1.54, 1.807) is 34.4 Å². The normalized spacial score (nSPS) is 11.5. The van der Waals surface area contributed by atoms with Gasteiger partial charge < -0.3 is 16.0 Å². The number of nitrogens with zero attached hydrogens (tertiary/aromatic N) is 8. The van der Waals surface area contributed by atoms with Crippen LogP contribution in [0.4, 0.5) is 11.9 Å². The highest BCUT2D eigenvalue weighted by atomic mass is 32.1. The number of hydrogen-bond acceptors (Lipinski definition) is 10. The Kier molecular flexibility index (Phi) is 8.75. The van der Waals surface area contributed by atoms with E-state index in [1.165, 1.54) is 29.8 Å². The standard InChI is InChI=1S/C32H32N12O4S/c1-5-44-23(11-17(3)41-44)29(47)39-31-37-21-12-19(26(33)45)10-16(2)25(21)42(31)8-6-7-9-43-28-22(13-20(14-36-28)27(34)46)38-32(43)40-30(48)24-15-35-18(4)49-24/h6-7,10-15H,5,8-9H2,1-4H3,(H2,33,45)(H2,34,46)(H,37,39,47)(H,38,40,48)/b7-6+. The first-order chi connectivity index (χ1) is 23.4. The number of thiazole rings is 1. The van der Waals surface area contributed by atoms with Gasteiger partial charge in [0.25, 0.3) is 11.8 Å². The van der Waals surface area contributed by atoms with E-state index >= 15 is 0 Å². The zero-order valence-corrected chi connectivity index (χ0v) is 27.8. The number of fused-ring (bicyclic) bond motifs is 2. The average Bonchev–Trinajstić information content (AvgIpc) is 3.83. The molecule has 6 rings (SSSR count). The first kappa shape index (κ1) is 32.7. The Balaban J connectivity index is 1.33. The van der Waals surface area contributed by atoms with Crippen LogP contribution in [-0.2, 0) is 19.6 Å². The number of imidazole rings is 2. The fourth-order valence-corrected chi connectivity index (χ4v) is 6.10. The van der Waals surface area contributed by atoms with Gasteiger partial charge in [0, 0.05) is 31.4 Å². The van der Waals surface area contributed by atoms with E-state index < -0.39 is 23.6 Å². The van der Waals surface area contributed by atoms with Crippen LogP contribution in [0.3, 0.4) is 0 Å². The van der Waals surface area contributed by atoms with Crippen LogP contribution < -0.4 is 22.1 Å². The number of pyridine rings is 1. The van der Waals surface area contributed by atoms with Gasteiger partial charge in [0.1, 0.15) is 16.1 Å². The van der Waals surface area contributed by atoms with Gasteiger partial charge in [-0.1, -0.05) is 12.2 Å². The van der Waals surface area contributed by atoms with E-state index in [2.05, 4.69) is 35.7 Å². The number of hydrogen-bond donors (Lipinski definition) is 4. The minimum Gasteiger partial charge on any atom is -0.366 e. The lowest BCUT2D eigenvalue weighted by molar-refractivity contribution is 0.0991. The van der Waals surface area contributed by atoms with Crippen molar-refractivity contribution in [3.05, 3.63) is 86.8 Å². The number of anilines is 2. The maximum atomic E-state index is 13.4. The number of nitrogens with one attached hydrogen (secondary N) is 2. The van der Waals surface area contributed by atoms with E-state index in [0.717, 1.165) is 10.6 Å². The predicted molar refractivity (Wildman–Crippen MR) is 184 cm³/mol. The second-order valence-electron chi connectivity index (χ2n) is 11.2. The van der Waals surface area contributed by atoms with Crippen LogP contribution in [0.15, 0.2) is 48.8 Å². The van der Waals surface area contributed by atoms with Gasteiger partial charge in [-0.05, 0) is 57.5 Å². The summed E-state index contributed by atoms with van der Waals surface area (Å²) in [6.45, 7) is 8.34. The second-order valence-corrected chi connectivity index (χ2v) is 12.4. The molecule has 4 amide bonds. The number of aryl methyl sites for hydroxylation is 4. The summed E-state index contributed by atoms with van der Waals surface area (Å²) in [7, 11) is 0.